The molecule has 1 aliphatic heterocycles. The second-order valence-corrected chi connectivity index (χ2v) is 8.10. The summed E-state index contributed by atoms with van der Waals surface area (Å²) in [6.45, 7) is 0.00217. The maximum Gasteiger partial charge on any atom is 0.332 e. The first kappa shape index (κ1) is 20.7. The Morgan fingerprint density at radius 3 is 3.03 bits per heavy atom. The first-order chi connectivity index (χ1) is 16.0. The summed E-state index contributed by atoms with van der Waals surface area (Å²) in [6, 6.07) is 13.3. The first-order valence-corrected chi connectivity index (χ1v) is 10.4. The van der Waals surface area contributed by atoms with Crippen molar-refractivity contribution in [2.45, 2.75) is 30.9 Å². The minimum absolute atomic E-state index is 0.00217. The molecule has 0 bridgehead atoms. The van der Waals surface area contributed by atoms with Gasteiger partial charge in [0.25, 0.3) is 5.56 Å². The van der Waals surface area contributed by atoms with Crippen LogP contribution in [0.15, 0.2) is 53.6 Å². The van der Waals surface area contributed by atoms with Crippen molar-refractivity contribution in [2.24, 2.45) is 0 Å². The summed E-state index contributed by atoms with van der Waals surface area (Å²) in [6.07, 6.45) is 3.00. The highest BCUT2D eigenvalue weighted by Gasteiger charge is 2.42. The van der Waals surface area contributed by atoms with E-state index < -0.39 is 17.6 Å². The van der Waals surface area contributed by atoms with Crippen molar-refractivity contribution in [1.82, 2.24) is 19.7 Å². The zero-order chi connectivity index (χ0) is 23.0. The van der Waals surface area contributed by atoms with Crippen LogP contribution in [-0.2, 0) is 15.1 Å². The third-order valence-electron chi connectivity index (χ3n) is 6.03. The molecule has 4 aromatic rings. The number of nitriles is 1. The predicted octanol–water partition coefficient (Wildman–Crippen LogP) is 2.89. The van der Waals surface area contributed by atoms with Crippen molar-refractivity contribution in [2.75, 3.05) is 11.9 Å². The molecule has 0 amide bonds. The lowest BCUT2D eigenvalue weighted by Gasteiger charge is -2.38. The van der Waals surface area contributed by atoms with Gasteiger partial charge < -0.3 is 20.1 Å². The molecule has 0 saturated carbocycles. The van der Waals surface area contributed by atoms with Crippen LogP contribution in [0.3, 0.4) is 0 Å². The monoisotopic (exact) mass is 444 g/mol. The fourth-order valence-electron chi connectivity index (χ4n) is 4.35. The topological polar surface area (TPSA) is 146 Å². The van der Waals surface area contributed by atoms with Gasteiger partial charge in [-0.05, 0) is 43.2 Å². The van der Waals surface area contributed by atoms with E-state index in [2.05, 4.69) is 21.4 Å². The van der Waals surface area contributed by atoms with Crippen molar-refractivity contribution in [3.8, 4) is 6.07 Å². The third-order valence-corrected chi connectivity index (χ3v) is 6.03. The Bertz CT molecular complexity index is 1460. The normalized spacial score (nSPS) is 20.5. The van der Waals surface area contributed by atoms with Crippen LogP contribution in [0, 0.1) is 11.3 Å². The van der Waals surface area contributed by atoms with E-state index in [9.17, 15) is 20.0 Å². The number of aliphatic carboxylic acids is 1. The molecule has 2 atom stereocenters. The van der Waals surface area contributed by atoms with E-state index in [0.717, 1.165) is 16.6 Å². The number of carboxylic acids is 1. The molecule has 1 saturated heterocycles. The number of H-pyrrole nitrogens is 1. The Kier molecular flexibility index (Phi) is 5.03. The molecule has 3 aromatic heterocycles. The molecule has 1 aliphatic rings. The van der Waals surface area contributed by atoms with Crippen LogP contribution < -0.4 is 10.9 Å². The summed E-state index contributed by atoms with van der Waals surface area (Å²) in [5.41, 5.74) is 0.898. The number of nitrogens with one attached hydrogen (secondary N) is 2. The van der Waals surface area contributed by atoms with Crippen molar-refractivity contribution in [3.05, 3.63) is 59.1 Å². The minimum Gasteiger partial charge on any atom is -0.479 e. The highest BCUT2D eigenvalue weighted by Crippen LogP contribution is 2.37. The quantitative estimate of drug-likeness (QED) is 0.426. The molecule has 4 heterocycles. The standard InChI is InChI=1S/C23H20N6O4/c24-9-8-23(7-5-18(22(31)32)33-13-23)29-17-6-11-26-21(30)19(17)20(28-29)27-15-3-4-16-14(12-15)2-1-10-25-16/h1-4,6,10-12,18H,5,7-8,13H2,(H,26,30)(H,27,28)(H,31,32). The van der Waals surface area contributed by atoms with E-state index in [1.165, 1.54) is 6.20 Å². The molecule has 0 radical (unpaired) electrons. The number of hydrogen-bond donors (Lipinski definition) is 3. The van der Waals surface area contributed by atoms with Crippen molar-refractivity contribution < 1.29 is 14.6 Å². The minimum atomic E-state index is -1.03. The van der Waals surface area contributed by atoms with Crippen molar-refractivity contribution in [3.63, 3.8) is 0 Å². The van der Waals surface area contributed by atoms with Gasteiger partial charge in [-0.2, -0.15) is 10.4 Å². The summed E-state index contributed by atoms with van der Waals surface area (Å²) in [4.78, 5) is 31.1. The lowest BCUT2D eigenvalue weighted by atomic mass is 9.87. The van der Waals surface area contributed by atoms with Crippen LogP contribution >= 0.6 is 0 Å². The number of aromatic amines is 1. The smallest absolute Gasteiger partial charge is 0.332 e. The number of nitrogens with zero attached hydrogens (tertiary/aromatic N) is 4. The number of carboxylic acid groups (broad SMARTS) is 1. The third kappa shape index (κ3) is 3.58. The number of carbonyl (C=O) groups is 1. The zero-order valence-corrected chi connectivity index (χ0v) is 17.5. The Labute approximate surface area is 187 Å². The van der Waals surface area contributed by atoms with Gasteiger partial charge in [-0.25, -0.2) is 4.79 Å². The molecule has 1 aromatic carbocycles. The van der Waals surface area contributed by atoms with E-state index in [4.69, 9.17) is 9.84 Å². The van der Waals surface area contributed by atoms with Gasteiger partial charge in [0.1, 0.15) is 5.39 Å². The molecule has 33 heavy (non-hydrogen) atoms. The van der Waals surface area contributed by atoms with Crippen molar-refractivity contribution in [1.29, 1.82) is 5.26 Å². The lowest BCUT2D eigenvalue weighted by molar-refractivity contribution is -0.158. The van der Waals surface area contributed by atoms with Crippen LogP contribution in [0.1, 0.15) is 19.3 Å². The second-order valence-electron chi connectivity index (χ2n) is 8.10. The number of fused-ring (bicyclic) bond motifs is 2. The van der Waals surface area contributed by atoms with E-state index in [0.29, 0.717) is 23.1 Å². The van der Waals surface area contributed by atoms with Crippen LogP contribution in [0.5, 0.6) is 0 Å². The van der Waals surface area contributed by atoms with E-state index in [-0.39, 0.29) is 25.0 Å². The van der Waals surface area contributed by atoms with Gasteiger partial charge in [-0.15, -0.1) is 0 Å². The predicted molar refractivity (Wildman–Crippen MR) is 120 cm³/mol. The summed E-state index contributed by atoms with van der Waals surface area (Å²) >= 11 is 0. The van der Waals surface area contributed by atoms with E-state index >= 15 is 0 Å². The summed E-state index contributed by atoms with van der Waals surface area (Å²) in [5.74, 6) is -0.691. The van der Waals surface area contributed by atoms with Crippen LogP contribution in [-0.4, -0.2) is 43.5 Å². The van der Waals surface area contributed by atoms with Gasteiger partial charge in [0.2, 0.25) is 0 Å². The lowest BCUT2D eigenvalue weighted by Crippen LogP contribution is -2.46. The fraction of sp³-hybridized carbons (Fsp3) is 0.261. The number of ether oxygens (including phenoxy) is 1. The summed E-state index contributed by atoms with van der Waals surface area (Å²) in [7, 11) is 0. The zero-order valence-electron chi connectivity index (χ0n) is 17.5. The SMILES string of the molecule is N#CCC1(n2nc(Nc3ccc4ncccc4c3)c3c(=O)[nH]ccc32)CCC(C(=O)O)OC1. The second kappa shape index (κ2) is 8.03. The largest absolute Gasteiger partial charge is 0.479 e. The highest BCUT2D eigenvalue weighted by molar-refractivity contribution is 5.92. The average molecular weight is 444 g/mol. The van der Waals surface area contributed by atoms with Gasteiger partial charge in [-0.1, -0.05) is 6.07 Å². The number of rotatable bonds is 5. The van der Waals surface area contributed by atoms with Crippen LogP contribution in [0.2, 0.25) is 0 Å². The Morgan fingerprint density at radius 1 is 1.39 bits per heavy atom. The molecular weight excluding hydrogens is 424 g/mol. The summed E-state index contributed by atoms with van der Waals surface area (Å²) < 4.78 is 7.24. The maximum atomic E-state index is 12.8. The number of benzene rings is 1. The van der Waals surface area contributed by atoms with Gasteiger partial charge in [-0.3, -0.25) is 14.5 Å². The molecule has 1 fully saturated rings. The number of pyridine rings is 2. The van der Waals surface area contributed by atoms with Crippen molar-refractivity contribution >= 4 is 39.3 Å². The molecular formula is C23H20N6O4. The number of aromatic nitrogens is 4. The van der Waals surface area contributed by atoms with Crippen LogP contribution in [0.4, 0.5) is 11.5 Å². The highest BCUT2D eigenvalue weighted by atomic mass is 16.5. The van der Waals surface area contributed by atoms with Gasteiger partial charge in [0.05, 0.1) is 35.7 Å². The average Bonchev–Trinajstić information content (AvgIpc) is 3.20. The summed E-state index contributed by atoms with van der Waals surface area (Å²) in [5, 5.41) is 28.0. The number of anilines is 2. The van der Waals surface area contributed by atoms with Gasteiger partial charge >= 0.3 is 5.97 Å². The van der Waals surface area contributed by atoms with Gasteiger partial charge in [0, 0.05) is 23.5 Å². The fourth-order valence-corrected chi connectivity index (χ4v) is 4.35. The van der Waals surface area contributed by atoms with Crippen LogP contribution in [0.25, 0.3) is 21.8 Å². The molecule has 2 unspecified atom stereocenters. The Hall–Kier alpha value is -4.23. The molecule has 5 rings (SSSR count). The molecule has 3 N–H and O–H groups in total. The molecule has 10 nitrogen and oxygen atoms in total. The Balaban J connectivity index is 1.60. The molecule has 0 aliphatic carbocycles. The number of hydrogen-bond acceptors (Lipinski definition) is 7. The molecule has 166 valence electrons. The van der Waals surface area contributed by atoms with Gasteiger partial charge in [0.15, 0.2) is 11.9 Å². The Morgan fingerprint density at radius 2 is 2.27 bits per heavy atom. The van der Waals surface area contributed by atoms with E-state index in [1.54, 1.807) is 16.9 Å². The van der Waals surface area contributed by atoms with E-state index in [1.807, 2.05) is 30.3 Å². The first-order valence-electron chi connectivity index (χ1n) is 10.4. The molecule has 0 spiro atoms. The maximum absolute atomic E-state index is 12.8. The molecule has 10 heteroatoms.